The lowest BCUT2D eigenvalue weighted by atomic mass is 9.87. The van der Waals surface area contributed by atoms with E-state index in [0.717, 1.165) is 0 Å². The summed E-state index contributed by atoms with van der Waals surface area (Å²) >= 11 is 10.1. The van der Waals surface area contributed by atoms with E-state index in [0.29, 0.717) is 52.9 Å². The van der Waals surface area contributed by atoms with Crippen LogP contribution in [0, 0.1) is 5.41 Å². The van der Waals surface area contributed by atoms with Crippen molar-refractivity contribution in [1.82, 2.24) is 16.0 Å². The molecule has 0 heterocycles. The third kappa shape index (κ3) is 20.4. The maximum absolute atomic E-state index is 12.7. The topological polar surface area (TPSA) is 133 Å². The first kappa shape index (κ1) is 41.4. The zero-order valence-corrected chi connectivity index (χ0v) is 30.6. The number of amides is 3. The summed E-state index contributed by atoms with van der Waals surface area (Å²) in [6.45, 7) is 18.4. The molecule has 11 nitrogen and oxygen atoms in total. The Balaban J connectivity index is 4.99. The van der Waals surface area contributed by atoms with Gasteiger partial charge in [0.1, 0.15) is 0 Å². The highest BCUT2D eigenvalue weighted by atomic mass is 79.9. The molecule has 0 atom stereocenters. The number of hydrogen-bond acceptors (Lipinski definition) is 8. The van der Waals surface area contributed by atoms with E-state index in [9.17, 15) is 14.4 Å². The summed E-state index contributed by atoms with van der Waals surface area (Å²) in [6, 6.07) is 0. The summed E-state index contributed by atoms with van der Waals surface area (Å²) in [5, 5.41) is 8.79. The van der Waals surface area contributed by atoms with Crippen molar-refractivity contribution in [2.24, 2.45) is 5.41 Å². The van der Waals surface area contributed by atoms with E-state index in [-0.39, 0.29) is 50.6 Å². The molecule has 246 valence electrons. The second-order valence-corrected chi connectivity index (χ2v) is 17.2. The first-order valence-electron chi connectivity index (χ1n) is 13.9. The van der Waals surface area contributed by atoms with Gasteiger partial charge in [-0.05, 0) is 41.5 Å². The van der Waals surface area contributed by atoms with Crippen LogP contribution < -0.4 is 16.0 Å². The van der Waals surface area contributed by atoms with Gasteiger partial charge < -0.3 is 39.6 Å². The van der Waals surface area contributed by atoms with Gasteiger partial charge in [-0.15, -0.1) is 6.58 Å². The number of hydrogen-bond donors (Lipinski definition) is 3. The number of nitrogens with one attached hydrogen (secondary N) is 3. The minimum Gasteiger partial charge on any atom is -0.378 e. The highest BCUT2D eigenvalue weighted by Gasteiger charge is 2.37. The molecule has 0 rings (SSSR count). The van der Waals surface area contributed by atoms with Gasteiger partial charge in [0.15, 0.2) is 0 Å². The molecule has 0 aromatic carbocycles. The quantitative estimate of drug-likeness (QED) is 0.0731. The van der Waals surface area contributed by atoms with Crippen molar-refractivity contribution >= 4 is 65.5 Å². The Morgan fingerprint density at radius 1 is 0.571 bits per heavy atom. The second-order valence-electron chi connectivity index (χ2n) is 11.2. The molecule has 0 aliphatic heterocycles. The van der Waals surface area contributed by atoms with Gasteiger partial charge in [0.05, 0.1) is 79.0 Å². The van der Waals surface area contributed by atoms with Crippen molar-refractivity contribution in [1.29, 1.82) is 0 Å². The Kier molecular flexibility index (Phi) is 20.9. The molecule has 0 saturated carbocycles. The summed E-state index contributed by atoms with van der Waals surface area (Å²) in [7, 11) is 0. The van der Waals surface area contributed by atoms with Crippen LogP contribution in [0.5, 0.6) is 0 Å². The molecule has 42 heavy (non-hydrogen) atoms. The molecule has 14 heteroatoms. The summed E-state index contributed by atoms with van der Waals surface area (Å²) in [6.07, 6.45) is 1.69. The Bertz CT molecular complexity index is 738. The van der Waals surface area contributed by atoms with E-state index < -0.39 is 18.4 Å². The average molecular weight is 796 g/mol. The lowest BCUT2D eigenvalue weighted by Gasteiger charge is -2.36. The second kappa shape index (κ2) is 21.2. The first-order chi connectivity index (χ1) is 19.4. The molecule has 0 bridgehead atoms. The molecule has 0 saturated heterocycles. The largest absolute Gasteiger partial charge is 0.378 e. The van der Waals surface area contributed by atoms with E-state index in [4.69, 9.17) is 23.7 Å². The van der Waals surface area contributed by atoms with Gasteiger partial charge in [-0.2, -0.15) is 0 Å². The zero-order chi connectivity index (χ0) is 32.3. The molecule has 0 aliphatic carbocycles. The normalized spacial score (nSPS) is 12.6. The number of carbonyl (C=O) groups is 3. The fourth-order valence-electron chi connectivity index (χ4n) is 3.01. The van der Waals surface area contributed by atoms with Crippen molar-refractivity contribution in [2.75, 3.05) is 85.7 Å². The van der Waals surface area contributed by atoms with Crippen LogP contribution in [0.15, 0.2) is 12.7 Å². The summed E-state index contributed by atoms with van der Waals surface area (Å²) < 4.78 is 25.3. The minimum atomic E-state index is -0.852. The molecule has 0 aromatic rings. The maximum atomic E-state index is 12.7. The lowest BCUT2D eigenvalue weighted by Crippen LogP contribution is -2.57. The van der Waals surface area contributed by atoms with Gasteiger partial charge in [0.25, 0.3) is 0 Å². The first-order valence-corrected chi connectivity index (χ1v) is 16.2. The van der Waals surface area contributed by atoms with Crippen LogP contribution in [0.1, 0.15) is 41.5 Å². The predicted octanol–water partition coefficient (Wildman–Crippen LogP) is 3.11. The third-order valence-corrected chi connectivity index (χ3v) is 6.70. The number of halogens is 3. The summed E-state index contributed by atoms with van der Waals surface area (Å²) in [5.74, 6) is -0.706. The molecular formula is C28H50Br3N3O8. The highest BCUT2D eigenvalue weighted by Crippen LogP contribution is 2.22. The van der Waals surface area contributed by atoms with Crippen molar-refractivity contribution in [3.63, 3.8) is 0 Å². The van der Waals surface area contributed by atoms with E-state index >= 15 is 0 Å². The summed E-state index contributed by atoms with van der Waals surface area (Å²) in [4.78, 5) is 38.0. The lowest BCUT2D eigenvalue weighted by molar-refractivity contribution is -0.124. The van der Waals surface area contributed by atoms with Gasteiger partial charge in [-0.1, -0.05) is 53.9 Å². The van der Waals surface area contributed by atoms with Crippen LogP contribution in [-0.4, -0.2) is 116 Å². The smallest absolute Gasteiger partial charge is 0.236 e. The molecule has 0 fully saturated rings. The average Bonchev–Trinajstić information content (AvgIpc) is 2.89. The number of ether oxygens (including phenoxy) is 5. The van der Waals surface area contributed by atoms with Crippen molar-refractivity contribution in [3.8, 4) is 0 Å². The van der Waals surface area contributed by atoms with Crippen LogP contribution in [0.25, 0.3) is 0 Å². The molecule has 3 N–H and O–H groups in total. The van der Waals surface area contributed by atoms with Crippen molar-refractivity contribution < 1.29 is 38.1 Å². The molecule has 3 amide bonds. The van der Waals surface area contributed by atoms with Gasteiger partial charge in [-0.25, -0.2) is 0 Å². The maximum Gasteiger partial charge on any atom is 0.236 e. The summed E-state index contributed by atoms with van der Waals surface area (Å²) in [5.41, 5.74) is -0.852. The molecule has 0 aromatic heterocycles. The van der Waals surface area contributed by atoms with Crippen LogP contribution >= 0.6 is 47.8 Å². The van der Waals surface area contributed by atoms with Crippen LogP contribution in [0.2, 0.25) is 0 Å². The number of rotatable bonds is 25. The number of alkyl halides is 3. The highest BCUT2D eigenvalue weighted by molar-refractivity contribution is 9.10. The SMILES string of the molecule is C=CCOCCOCCOCCOCCOCC(CNC(=O)C(C)(C)Br)(CNC(=O)C(C)(C)Br)CNC(=O)C(C)(C)Br. The van der Waals surface area contributed by atoms with E-state index in [1.165, 1.54) is 0 Å². The standard InChI is InChI=1S/C28H50Br3N3O8/c1-8-9-38-10-11-39-12-13-40-14-15-41-16-17-42-21-28(18-32-22(35)25(2,3)29,19-33-23(36)26(4,5)30)20-34-24(37)27(6,7)31/h8H,1,9-21H2,2-7H3,(H,32,35)(H,33,36)(H,34,37). The predicted molar refractivity (Wildman–Crippen MR) is 175 cm³/mol. The molecule has 0 radical (unpaired) electrons. The molecular weight excluding hydrogens is 746 g/mol. The molecule has 0 unspecified atom stereocenters. The van der Waals surface area contributed by atoms with Gasteiger partial charge in [0.2, 0.25) is 17.7 Å². The van der Waals surface area contributed by atoms with Crippen LogP contribution in [-0.2, 0) is 38.1 Å². The Morgan fingerprint density at radius 2 is 0.857 bits per heavy atom. The van der Waals surface area contributed by atoms with Crippen LogP contribution in [0.4, 0.5) is 0 Å². The fourth-order valence-corrected chi connectivity index (χ4v) is 3.43. The fraction of sp³-hybridized carbons (Fsp3) is 0.821. The Labute approximate surface area is 276 Å². The zero-order valence-electron chi connectivity index (χ0n) is 25.9. The van der Waals surface area contributed by atoms with E-state index in [2.05, 4.69) is 70.3 Å². The molecule has 0 aliphatic rings. The third-order valence-electron chi connectivity index (χ3n) is 5.62. The van der Waals surface area contributed by atoms with Crippen LogP contribution in [0.3, 0.4) is 0 Å². The van der Waals surface area contributed by atoms with Gasteiger partial charge in [-0.3, -0.25) is 14.4 Å². The van der Waals surface area contributed by atoms with E-state index in [1.54, 1.807) is 47.6 Å². The Morgan fingerprint density at radius 3 is 1.14 bits per heavy atom. The van der Waals surface area contributed by atoms with Crippen molar-refractivity contribution in [3.05, 3.63) is 12.7 Å². The minimum absolute atomic E-state index is 0.135. The van der Waals surface area contributed by atoms with Gasteiger partial charge in [0, 0.05) is 25.0 Å². The number of carbonyl (C=O) groups excluding carboxylic acids is 3. The van der Waals surface area contributed by atoms with Crippen molar-refractivity contribution in [2.45, 2.75) is 54.5 Å². The Hall–Kier alpha value is -0.610. The molecule has 0 spiro atoms. The monoisotopic (exact) mass is 793 g/mol. The van der Waals surface area contributed by atoms with Gasteiger partial charge >= 0.3 is 0 Å². The van der Waals surface area contributed by atoms with E-state index in [1.807, 2.05) is 0 Å².